The number of anilines is 2. The SMILES string of the molecule is CC[C@H]1[C@@H](C)[C@H](N=[N+]=[N-])c2cc(-c3ccc(NC(=O)CCCCCCC(=O)NO)cc3)ccc2N1C(C)=O. The largest absolute Gasteiger partial charge is 0.326 e. The lowest BCUT2D eigenvalue weighted by Crippen LogP contribution is -2.48. The van der Waals surface area contributed by atoms with Crippen LogP contribution in [-0.2, 0) is 14.4 Å². The predicted molar refractivity (Wildman–Crippen MR) is 146 cm³/mol. The third kappa shape index (κ3) is 6.90. The van der Waals surface area contributed by atoms with Crippen molar-refractivity contribution in [2.75, 3.05) is 10.2 Å². The van der Waals surface area contributed by atoms with Crippen LogP contribution in [0.5, 0.6) is 0 Å². The van der Waals surface area contributed by atoms with Gasteiger partial charge in [-0.1, -0.05) is 50.0 Å². The summed E-state index contributed by atoms with van der Waals surface area (Å²) in [5.41, 5.74) is 15.0. The van der Waals surface area contributed by atoms with E-state index in [-0.39, 0.29) is 36.2 Å². The molecule has 0 saturated heterocycles. The molecule has 2 aromatic carbocycles. The number of amides is 3. The zero-order valence-corrected chi connectivity index (χ0v) is 22.2. The maximum absolute atomic E-state index is 12.5. The van der Waals surface area contributed by atoms with E-state index in [0.717, 1.165) is 48.1 Å². The summed E-state index contributed by atoms with van der Waals surface area (Å²) in [6.07, 6.45) is 4.48. The summed E-state index contributed by atoms with van der Waals surface area (Å²) in [4.78, 5) is 40.7. The molecule has 10 heteroatoms. The summed E-state index contributed by atoms with van der Waals surface area (Å²) < 4.78 is 0. The van der Waals surface area contributed by atoms with Crippen molar-refractivity contribution in [3.05, 3.63) is 58.5 Å². The molecule has 0 radical (unpaired) electrons. The Morgan fingerprint density at radius 3 is 2.21 bits per heavy atom. The number of nitrogens with zero attached hydrogens (tertiary/aromatic N) is 4. The second-order valence-electron chi connectivity index (χ2n) is 9.72. The average molecular weight is 521 g/mol. The fourth-order valence-corrected chi connectivity index (χ4v) is 5.23. The molecule has 0 fully saturated rings. The summed E-state index contributed by atoms with van der Waals surface area (Å²) in [6, 6.07) is 13.0. The average Bonchev–Trinajstić information content (AvgIpc) is 2.91. The van der Waals surface area contributed by atoms with E-state index >= 15 is 0 Å². The molecule has 1 aliphatic heterocycles. The monoisotopic (exact) mass is 520 g/mol. The van der Waals surface area contributed by atoms with Crippen molar-refractivity contribution in [1.29, 1.82) is 0 Å². The molecular weight excluding hydrogens is 484 g/mol. The molecule has 0 aromatic heterocycles. The number of rotatable bonds is 11. The highest BCUT2D eigenvalue weighted by molar-refractivity contribution is 5.94. The molecular formula is C28H36N6O4. The van der Waals surface area contributed by atoms with E-state index in [1.54, 1.807) is 12.4 Å². The van der Waals surface area contributed by atoms with Gasteiger partial charge < -0.3 is 10.2 Å². The Balaban J connectivity index is 1.68. The Morgan fingerprint density at radius 2 is 1.63 bits per heavy atom. The van der Waals surface area contributed by atoms with Crippen molar-refractivity contribution in [2.24, 2.45) is 11.0 Å². The minimum absolute atomic E-state index is 0.0276. The molecule has 3 rings (SSSR count). The fourth-order valence-electron chi connectivity index (χ4n) is 5.23. The Morgan fingerprint density at radius 1 is 1.00 bits per heavy atom. The number of benzene rings is 2. The molecule has 0 saturated carbocycles. The van der Waals surface area contributed by atoms with E-state index < -0.39 is 5.91 Å². The number of hydroxylamine groups is 1. The molecule has 3 amide bonds. The van der Waals surface area contributed by atoms with Crippen LogP contribution in [0.25, 0.3) is 21.6 Å². The van der Waals surface area contributed by atoms with Gasteiger partial charge in [-0.25, -0.2) is 5.48 Å². The standard InChI is InChI=1S/C28H36N6O4/c1-4-24-18(2)28(31-33-29)23-17-21(13-16-25(23)34(24)19(3)35)20-11-14-22(15-12-20)30-26(36)9-7-5-6-8-10-27(37)32-38/h11-18,24,28,38H,4-10H2,1-3H3,(H,30,36)(H,32,37)/t18-,24+,28+/m1/s1. The van der Waals surface area contributed by atoms with Crippen LogP contribution in [0.1, 0.15) is 77.3 Å². The van der Waals surface area contributed by atoms with Crippen molar-refractivity contribution >= 4 is 29.1 Å². The van der Waals surface area contributed by atoms with Gasteiger partial charge in [0.25, 0.3) is 0 Å². The zero-order chi connectivity index (χ0) is 27.7. The number of carbonyl (C=O) groups is 3. The molecule has 2 aromatic rings. The van der Waals surface area contributed by atoms with E-state index in [9.17, 15) is 19.9 Å². The first-order chi connectivity index (χ1) is 18.3. The van der Waals surface area contributed by atoms with Gasteiger partial charge in [0.05, 0.1) is 6.04 Å². The van der Waals surface area contributed by atoms with Crippen molar-refractivity contribution in [3.8, 4) is 11.1 Å². The number of nitrogens with one attached hydrogen (secondary N) is 2. The van der Waals surface area contributed by atoms with Gasteiger partial charge >= 0.3 is 0 Å². The van der Waals surface area contributed by atoms with Gasteiger partial charge in [-0.3, -0.25) is 19.6 Å². The van der Waals surface area contributed by atoms with Gasteiger partial charge in [-0.15, -0.1) is 0 Å². The fraction of sp³-hybridized carbons (Fsp3) is 0.464. The van der Waals surface area contributed by atoms with Gasteiger partial charge in [0.1, 0.15) is 0 Å². The number of hydrogen-bond acceptors (Lipinski definition) is 5. The lowest BCUT2D eigenvalue weighted by atomic mass is 9.80. The van der Waals surface area contributed by atoms with E-state index in [1.165, 1.54) is 0 Å². The molecule has 202 valence electrons. The Labute approximate surface area is 223 Å². The summed E-state index contributed by atoms with van der Waals surface area (Å²) in [7, 11) is 0. The van der Waals surface area contributed by atoms with Gasteiger partial charge in [0.15, 0.2) is 0 Å². The molecule has 0 bridgehead atoms. The molecule has 1 heterocycles. The van der Waals surface area contributed by atoms with Crippen molar-refractivity contribution < 1.29 is 19.6 Å². The topological polar surface area (TPSA) is 148 Å². The van der Waals surface area contributed by atoms with Crippen LogP contribution >= 0.6 is 0 Å². The normalized spacial score (nSPS) is 18.2. The molecule has 0 unspecified atom stereocenters. The third-order valence-corrected chi connectivity index (χ3v) is 7.16. The van der Waals surface area contributed by atoms with Gasteiger partial charge in [0, 0.05) is 42.1 Å². The van der Waals surface area contributed by atoms with Crippen molar-refractivity contribution in [1.82, 2.24) is 5.48 Å². The van der Waals surface area contributed by atoms with Crippen LogP contribution in [0.2, 0.25) is 0 Å². The smallest absolute Gasteiger partial charge is 0.243 e. The highest BCUT2D eigenvalue weighted by Crippen LogP contribution is 2.45. The third-order valence-electron chi connectivity index (χ3n) is 7.16. The zero-order valence-electron chi connectivity index (χ0n) is 22.2. The first kappa shape index (κ1) is 28.7. The van der Waals surface area contributed by atoms with E-state index in [2.05, 4.69) is 15.3 Å². The van der Waals surface area contributed by atoms with Gasteiger partial charge in [-0.2, -0.15) is 0 Å². The molecule has 0 aliphatic carbocycles. The lowest BCUT2D eigenvalue weighted by molar-refractivity contribution is -0.129. The number of azide groups is 1. The van der Waals surface area contributed by atoms with E-state index in [1.807, 2.05) is 61.2 Å². The Kier molecular flexibility index (Phi) is 10.3. The minimum Gasteiger partial charge on any atom is -0.326 e. The minimum atomic E-state index is -0.394. The second-order valence-corrected chi connectivity index (χ2v) is 9.72. The van der Waals surface area contributed by atoms with Crippen LogP contribution in [0.3, 0.4) is 0 Å². The van der Waals surface area contributed by atoms with Gasteiger partial charge in [0.2, 0.25) is 17.7 Å². The summed E-state index contributed by atoms with van der Waals surface area (Å²) in [5, 5.41) is 15.5. The highest BCUT2D eigenvalue weighted by Gasteiger charge is 2.39. The second kappa shape index (κ2) is 13.6. The molecule has 3 atom stereocenters. The number of hydrogen-bond donors (Lipinski definition) is 3. The maximum Gasteiger partial charge on any atom is 0.243 e. The Bertz CT molecular complexity index is 1190. The van der Waals surface area contributed by atoms with Crippen LogP contribution in [0.4, 0.5) is 11.4 Å². The van der Waals surface area contributed by atoms with Crippen molar-refractivity contribution in [2.45, 2.75) is 77.8 Å². The molecule has 10 nitrogen and oxygen atoms in total. The van der Waals surface area contributed by atoms with E-state index in [4.69, 9.17) is 5.21 Å². The number of unbranched alkanes of at least 4 members (excludes halogenated alkanes) is 3. The van der Waals surface area contributed by atoms with Crippen LogP contribution < -0.4 is 15.7 Å². The van der Waals surface area contributed by atoms with E-state index in [0.29, 0.717) is 18.5 Å². The summed E-state index contributed by atoms with van der Waals surface area (Å²) in [6.45, 7) is 5.62. The Hall–Kier alpha value is -3.88. The highest BCUT2D eigenvalue weighted by atomic mass is 16.5. The maximum atomic E-state index is 12.5. The number of fused-ring (bicyclic) bond motifs is 1. The van der Waals surface area contributed by atoms with Crippen LogP contribution in [-0.4, -0.2) is 29.0 Å². The first-order valence-corrected chi connectivity index (χ1v) is 13.1. The van der Waals surface area contributed by atoms with Gasteiger partial charge in [-0.05, 0) is 71.7 Å². The molecule has 3 N–H and O–H groups in total. The lowest BCUT2D eigenvalue weighted by Gasteiger charge is -2.43. The summed E-state index contributed by atoms with van der Waals surface area (Å²) >= 11 is 0. The number of carbonyl (C=O) groups excluding carboxylic acids is 3. The first-order valence-electron chi connectivity index (χ1n) is 13.1. The molecule has 1 aliphatic rings. The molecule has 0 spiro atoms. The van der Waals surface area contributed by atoms with Crippen LogP contribution in [0.15, 0.2) is 47.6 Å². The van der Waals surface area contributed by atoms with Crippen LogP contribution in [0, 0.1) is 5.92 Å². The summed E-state index contributed by atoms with van der Waals surface area (Å²) in [5.74, 6) is -0.526. The predicted octanol–water partition coefficient (Wildman–Crippen LogP) is 6.27. The quantitative estimate of drug-likeness (QED) is 0.0799. The molecule has 38 heavy (non-hydrogen) atoms. The van der Waals surface area contributed by atoms with Crippen molar-refractivity contribution in [3.63, 3.8) is 0 Å².